The Morgan fingerprint density at radius 1 is 0.884 bits per heavy atom. The molecule has 0 bridgehead atoms. The van der Waals surface area contributed by atoms with Gasteiger partial charge in [-0.15, -0.1) is 10.2 Å². The number of anilines is 2. The van der Waals surface area contributed by atoms with E-state index in [0.29, 0.717) is 17.7 Å². The highest BCUT2D eigenvalue weighted by Crippen LogP contribution is 2.45. The summed E-state index contributed by atoms with van der Waals surface area (Å²) in [5.74, 6) is 0. The molecule has 1 aromatic heterocycles. The van der Waals surface area contributed by atoms with Crippen LogP contribution in [0.25, 0.3) is 21.9 Å². The molecule has 0 radical (unpaired) electrons. The van der Waals surface area contributed by atoms with Crippen molar-refractivity contribution in [3.63, 3.8) is 0 Å². The molecule has 14 heteroatoms. The molecular weight excluding hydrogens is 611 g/mol. The van der Waals surface area contributed by atoms with Gasteiger partial charge in [0.1, 0.15) is 25.9 Å². The Bertz CT molecular complexity index is 2150. The van der Waals surface area contributed by atoms with Crippen LogP contribution in [-0.4, -0.2) is 25.9 Å². The average molecular weight is 634 g/mol. The van der Waals surface area contributed by atoms with Crippen molar-refractivity contribution in [2.24, 2.45) is 10.2 Å². The van der Waals surface area contributed by atoms with E-state index in [1.165, 1.54) is 23.8 Å². The largest absolute Gasteiger partial charge is 0.389 e. The molecule has 5 aromatic rings. The van der Waals surface area contributed by atoms with E-state index in [0.717, 1.165) is 34.7 Å². The second-order valence-electron chi connectivity index (χ2n) is 9.50. The zero-order valence-electron chi connectivity index (χ0n) is 22.4. The van der Waals surface area contributed by atoms with Gasteiger partial charge >= 0.3 is 0 Å². The van der Waals surface area contributed by atoms with Gasteiger partial charge in [0.05, 0.1) is 11.3 Å². The Labute approximate surface area is 251 Å². The number of azo groups is 1. The summed E-state index contributed by atoms with van der Waals surface area (Å²) in [7, 11) is -9.58. The van der Waals surface area contributed by atoms with Crippen molar-refractivity contribution in [1.29, 1.82) is 5.26 Å². The number of rotatable bonds is 8. The summed E-state index contributed by atoms with van der Waals surface area (Å²) >= 11 is 0.989. The molecule has 0 aliphatic heterocycles. The molecule has 1 heterocycles. The van der Waals surface area contributed by atoms with Crippen LogP contribution in [0.5, 0.6) is 0 Å². The lowest BCUT2D eigenvalue weighted by atomic mass is 10.0. The van der Waals surface area contributed by atoms with Crippen molar-refractivity contribution in [3.8, 4) is 17.2 Å². The van der Waals surface area contributed by atoms with E-state index in [9.17, 15) is 31.2 Å². The SMILES string of the molecule is Cc1ccc(CNc2ccc(-c3c(/N=N/c4cc(S(=O)(=O)O)c5cccc(S(=O)(=O)O)c5c4)sc(N)c3C#N)cc2)cc1. The van der Waals surface area contributed by atoms with Crippen LogP contribution in [0.15, 0.2) is 98.9 Å². The van der Waals surface area contributed by atoms with Crippen molar-refractivity contribution < 1.29 is 25.9 Å². The van der Waals surface area contributed by atoms with Gasteiger partial charge in [0.2, 0.25) is 0 Å². The zero-order valence-corrected chi connectivity index (χ0v) is 24.8. The van der Waals surface area contributed by atoms with Gasteiger partial charge in [-0.1, -0.05) is 65.4 Å². The maximum absolute atomic E-state index is 12.1. The maximum atomic E-state index is 12.1. The maximum Gasteiger partial charge on any atom is 0.295 e. The quantitative estimate of drug-likeness (QED) is 0.104. The molecule has 5 N–H and O–H groups in total. The standard InChI is InChI=1S/C29H23N5O6S3/c1-17-5-7-18(8-6-17)16-32-20-11-9-19(10-12-20)27-24(15-30)28(31)41-29(27)34-33-21-13-23-22(26(14-21)43(38,39)40)3-2-4-25(23)42(35,36)37/h2-14,32H,16,31H2,1H3,(H,35,36,37)(H,38,39,40)/b34-33+. The van der Waals surface area contributed by atoms with Crippen molar-refractivity contribution >= 4 is 63.7 Å². The van der Waals surface area contributed by atoms with E-state index in [4.69, 9.17) is 5.73 Å². The Kier molecular flexibility index (Phi) is 8.02. The molecule has 4 aromatic carbocycles. The summed E-state index contributed by atoms with van der Waals surface area (Å²) < 4.78 is 67.7. The summed E-state index contributed by atoms with van der Waals surface area (Å²) in [4.78, 5) is -1.20. The van der Waals surface area contributed by atoms with Crippen LogP contribution in [0.2, 0.25) is 0 Å². The first-order chi connectivity index (χ1) is 20.3. The Hall–Kier alpha value is -4.65. The molecule has 0 aliphatic carbocycles. The van der Waals surface area contributed by atoms with Gasteiger partial charge in [0.25, 0.3) is 20.2 Å². The number of fused-ring (bicyclic) bond motifs is 1. The first-order valence-corrected chi connectivity index (χ1v) is 16.2. The van der Waals surface area contributed by atoms with Gasteiger partial charge in [0, 0.05) is 28.6 Å². The van der Waals surface area contributed by atoms with Crippen LogP contribution in [-0.2, 0) is 26.8 Å². The predicted molar refractivity (Wildman–Crippen MR) is 165 cm³/mol. The molecule has 218 valence electrons. The van der Waals surface area contributed by atoms with E-state index in [2.05, 4.69) is 21.6 Å². The van der Waals surface area contributed by atoms with Crippen molar-refractivity contribution in [1.82, 2.24) is 0 Å². The fraction of sp³-hybridized carbons (Fsp3) is 0.0690. The third-order valence-corrected chi connectivity index (χ3v) is 9.24. The van der Waals surface area contributed by atoms with E-state index >= 15 is 0 Å². The number of hydrogen-bond donors (Lipinski definition) is 4. The minimum absolute atomic E-state index is 0.136. The number of hydrogen-bond acceptors (Lipinski definition) is 10. The summed E-state index contributed by atoms with van der Waals surface area (Å²) in [5, 5.41) is 21.6. The number of nitrogen functional groups attached to an aromatic ring is 1. The topological polar surface area (TPSA) is 195 Å². The lowest BCUT2D eigenvalue weighted by Gasteiger charge is -2.09. The first kappa shape index (κ1) is 29.8. The Morgan fingerprint density at radius 3 is 2.19 bits per heavy atom. The fourth-order valence-electron chi connectivity index (χ4n) is 4.46. The minimum atomic E-state index is -4.83. The summed E-state index contributed by atoms with van der Waals surface area (Å²) in [6.07, 6.45) is 0. The summed E-state index contributed by atoms with van der Waals surface area (Å²) in [6, 6.07) is 23.4. The van der Waals surface area contributed by atoms with Gasteiger partial charge in [-0.05, 0) is 48.4 Å². The molecule has 11 nitrogen and oxygen atoms in total. The minimum Gasteiger partial charge on any atom is -0.389 e. The lowest BCUT2D eigenvalue weighted by Crippen LogP contribution is -2.03. The first-order valence-electron chi connectivity index (χ1n) is 12.5. The molecular formula is C29H23N5O6S3. The fourth-order valence-corrected chi connectivity index (χ4v) is 6.74. The second-order valence-corrected chi connectivity index (χ2v) is 13.3. The third kappa shape index (κ3) is 6.41. The number of benzene rings is 4. The van der Waals surface area contributed by atoms with Crippen LogP contribution >= 0.6 is 11.3 Å². The Balaban J connectivity index is 1.53. The average Bonchev–Trinajstić information content (AvgIpc) is 3.29. The number of thiophene rings is 1. The highest BCUT2D eigenvalue weighted by molar-refractivity contribution is 7.86. The van der Waals surface area contributed by atoms with E-state index < -0.39 is 30.0 Å². The second kappa shape index (κ2) is 11.6. The van der Waals surface area contributed by atoms with Crippen LogP contribution in [0, 0.1) is 18.3 Å². The van der Waals surface area contributed by atoms with Gasteiger partial charge in [-0.2, -0.15) is 22.1 Å². The molecule has 0 saturated heterocycles. The van der Waals surface area contributed by atoms with Gasteiger partial charge in [-0.25, -0.2) is 0 Å². The number of nitrogens with zero attached hydrogens (tertiary/aromatic N) is 3. The monoisotopic (exact) mass is 633 g/mol. The third-order valence-electron chi connectivity index (χ3n) is 6.53. The van der Waals surface area contributed by atoms with Crippen molar-refractivity contribution in [2.45, 2.75) is 23.3 Å². The number of aryl methyl sites for hydroxylation is 1. The lowest BCUT2D eigenvalue weighted by molar-refractivity contribution is 0.481. The van der Waals surface area contributed by atoms with Crippen LogP contribution in [0.1, 0.15) is 16.7 Å². The molecule has 0 amide bonds. The molecule has 5 rings (SSSR count). The smallest absolute Gasteiger partial charge is 0.295 e. The summed E-state index contributed by atoms with van der Waals surface area (Å²) in [6.45, 7) is 2.64. The van der Waals surface area contributed by atoms with Crippen LogP contribution in [0.3, 0.4) is 0 Å². The highest BCUT2D eigenvalue weighted by atomic mass is 32.2. The number of nitriles is 1. The predicted octanol–water partition coefficient (Wildman–Crippen LogP) is 6.85. The molecule has 43 heavy (non-hydrogen) atoms. The molecule has 0 spiro atoms. The number of nitrogens with two attached hydrogens (primary N) is 1. The molecule has 0 fully saturated rings. The van der Waals surface area contributed by atoms with Gasteiger partial charge < -0.3 is 11.1 Å². The normalized spacial score (nSPS) is 12.0. The summed E-state index contributed by atoms with van der Waals surface area (Å²) in [5.41, 5.74) is 10.3. The van der Waals surface area contributed by atoms with E-state index in [-0.39, 0.29) is 32.0 Å². The van der Waals surface area contributed by atoms with Gasteiger partial charge in [0.15, 0.2) is 0 Å². The molecule has 0 aliphatic rings. The van der Waals surface area contributed by atoms with E-state index in [1.807, 2.05) is 43.3 Å². The van der Waals surface area contributed by atoms with E-state index in [1.54, 1.807) is 12.1 Å². The molecule has 0 unspecified atom stereocenters. The number of nitrogens with one attached hydrogen (secondary N) is 1. The zero-order chi connectivity index (χ0) is 30.9. The van der Waals surface area contributed by atoms with Crippen molar-refractivity contribution in [2.75, 3.05) is 11.1 Å². The van der Waals surface area contributed by atoms with Gasteiger partial charge in [-0.3, -0.25) is 9.11 Å². The molecule has 0 atom stereocenters. The van der Waals surface area contributed by atoms with Crippen LogP contribution < -0.4 is 11.1 Å². The highest BCUT2D eigenvalue weighted by Gasteiger charge is 2.22. The Morgan fingerprint density at radius 2 is 1.56 bits per heavy atom. The van der Waals surface area contributed by atoms with Crippen LogP contribution in [0.4, 0.5) is 21.4 Å². The molecule has 0 saturated carbocycles. The van der Waals surface area contributed by atoms with Crippen molar-refractivity contribution in [3.05, 3.63) is 95.6 Å².